The zero-order chi connectivity index (χ0) is 20.2. The molecule has 0 heterocycles. The van der Waals surface area contributed by atoms with Crippen molar-refractivity contribution in [1.29, 1.82) is 0 Å². The first kappa shape index (κ1) is 21.4. The summed E-state index contributed by atoms with van der Waals surface area (Å²) in [4.78, 5) is 0. The minimum atomic E-state index is -1.09. The molecule has 1 nitrogen and oxygen atoms in total. The highest BCUT2D eigenvalue weighted by molar-refractivity contribution is 9.10. The van der Waals surface area contributed by atoms with Crippen molar-refractivity contribution in [3.8, 4) is 0 Å². The summed E-state index contributed by atoms with van der Waals surface area (Å²) in [5, 5.41) is 0. The average Bonchev–Trinajstić information content (AvgIpc) is 2.64. The second kappa shape index (κ2) is 8.98. The van der Waals surface area contributed by atoms with Gasteiger partial charge in [0.1, 0.15) is 0 Å². The van der Waals surface area contributed by atoms with E-state index in [1.165, 1.54) is 21.3 Å². The Bertz CT molecular complexity index is 841. The van der Waals surface area contributed by atoms with E-state index >= 15 is 0 Å². The fourth-order valence-corrected chi connectivity index (χ4v) is 12.8. The van der Waals surface area contributed by atoms with Gasteiger partial charge in [0.05, 0.1) is 5.69 Å². The van der Waals surface area contributed by atoms with Gasteiger partial charge in [0.15, 0.2) is 0 Å². The Labute approximate surface area is 182 Å². The third-order valence-electron chi connectivity index (χ3n) is 4.67. The second-order valence-corrected chi connectivity index (χ2v) is 16.2. The lowest BCUT2D eigenvalue weighted by atomic mass is 10.2. The number of anilines is 1. The van der Waals surface area contributed by atoms with Crippen LogP contribution < -0.4 is 3.71 Å². The van der Waals surface area contributed by atoms with Crippen molar-refractivity contribution < 1.29 is 0 Å². The smallest absolute Gasteiger partial charge is 0.0700 e. The number of halogens is 1. The van der Waals surface area contributed by atoms with Crippen molar-refractivity contribution in [2.75, 3.05) is 28.7 Å². The largest absolute Gasteiger partial charge is 0.296 e. The van der Waals surface area contributed by atoms with Gasteiger partial charge in [0.2, 0.25) is 0 Å². The fourth-order valence-electron chi connectivity index (χ4n) is 3.76. The Morgan fingerprint density at radius 3 is 1.43 bits per heavy atom. The van der Waals surface area contributed by atoms with E-state index in [9.17, 15) is 0 Å². The molecular weight excluding hydrogens is 446 g/mol. The summed E-state index contributed by atoms with van der Waals surface area (Å²) >= 11 is 3.84. The average molecular weight is 477 g/mol. The Hall–Kier alpha value is -1.36. The van der Waals surface area contributed by atoms with E-state index in [4.69, 9.17) is 0 Å². The molecule has 0 atom stereocenters. The monoisotopic (exact) mass is 475 g/mol. The molecule has 0 aromatic heterocycles. The molecule has 0 amide bonds. The van der Waals surface area contributed by atoms with Crippen LogP contribution >= 0.6 is 36.4 Å². The van der Waals surface area contributed by atoms with E-state index in [-0.39, 0.29) is 0 Å². The molecule has 3 aromatic rings. The molecule has 0 aliphatic heterocycles. The quantitative estimate of drug-likeness (QED) is 0.339. The van der Waals surface area contributed by atoms with Crippen molar-refractivity contribution in [2.45, 2.75) is 11.5 Å². The SMILES string of the molecule is CS(C)(Cc1ccccc1)N(c1ccccc1Br)S(C)(C)Cc1ccccc1. The van der Waals surface area contributed by atoms with Crippen LogP contribution in [0.15, 0.2) is 89.4 Å². The molecule has 3 rings (SSSR count). The van der Waals surface area contributed by atoms with Crippen LogP contribution in [0.4, 0.5) is 5.69 Å². The number of nitrogens with zero attached hydrogens (tertiary/aromatic N) is 1. The minimum Gasteiger partial charge on any atom is -0.296 e. The topological polar surface area (TPSA) is 3.24 Å². The van der Waals surface area contributed by atoms with E-state index in [1.54, 1.807) is 0 Å². The van der Waals surface area contributed by atoms with Crippen molar-refractivity contribution in [3.05, 3.63) is 101 Å². The number of hydrogen-bond donors (Lipinski definition) is 0. The molecule has 0 radical (unpaired) electrons. The zero-order valence-electron chi connectivity index (χ0n) is 17.1. The van der Waals surface area contributed by atoms with Gasteiger partial charge in [-0.25, -0.2) is 0 Å². The molecule has 4 heteroatoms. The Balaban J connectivity index is 2.03. The summed E-state index contributed by atoms with van der Waals surface area (Å²) in [7, 11) is -2.18. The van der Waals surface area contributed by atoms with Gasteiger partial charge in [0.25, 0.3) is 0 Å². The summed E-state index contributed by atoms with van der Waals surface area (Å²) in [5.41, 5.74) is 4.14. The molecule has 0 bridgehead atoms. The maximum Gasteiger partial charge on any atom is 0.0700 e. The van der Waals surface area contributed by atoms with Gasteiger partial charge in [-0.2, -0.15) is 20.4 Å². The Morgan fingerprint density at radius 2 is 1.00 bits per heavy atom. The van der Waals surface area contributed by atoms with Gasteiger partial charge in [-0.3, -0.25) is 3.71 Å². The summed E-state index contributed by atoms with van der Waals surface area (Å²) < 4.78 is 3.95. The highest BCUT2D eigenvalue weighted by Crippen LogP contribution is 2.66. The molecule has 3 aromatic carbocycles. The van der Waals surface area contributed by atoms with Crippen LogP contribution in [0.2, 0.25) is 0 Å². The van der Waals surface area contributed by atoms with Gasteiger partial charge in [-0.15, -0.1) is 0 Å². The molecule has 150 valence electrons. The summed E-state index contributed by atoms with van der Waals surface area (Å²) in [6.07, 6.45) is 9.83. The lowest BCUT2D eigenvalue weighted by Crippen LogP contribution is -2.31. The van der Waals surface area contributed by atoms with E-state index in [0.717, 1.165) is 11.5 Å². The van der Waals surface area contributed by atoms with Crippen molar-refractivity contribution in [2.24, 2.45) is 0 Å². The van der Waals surface area contributed by atoms with E-state index < -0.39 is 20.4 Å². The minimum absolute atomic E-state index is 1.08. The number of para-hydroxylation sites is 1. The molecule has 0 saturated carbocycles. The zero-order valence-corrected chi connectivity index (χ0v) is 20.4. The van der Waals surface area contributed by atoms with Crippen LogP contribution in [0.3, 0.4) is 0 Å². The van der Waals surface area contributed by atoms with Crippen LogP contribution in [-0.4, -0.2) is 25.0 Å². The molecular formula is C24H30BrNS2. The third kappa shape index (κ3) is 5.16. The van der Waals surface area contributed by atoms with E-state index in [2.05, 4.69) is 130 Å². The summed E-state index contributed by atoms with van der Waals surface area (Å²) in [6.45, 7) is 0. The predicted octanol–water partition coefficient (Wildman–Crippen LogP) is 7.61. The van der Waals surface area contributed by atoms with Crippen molar-refractivity contribution >= 4 is 42.0 Å². The molecule has 0 N–H and O–H groups in total. The van der Waals surface area contributed by atoms with Crippen LogP contribution in [-0.2, 0) is 11.5 Å². The first-order valence-electron chi connectivity index (χ1n) is 9.34. The van der Waals surface area contributed by atoms with Gasteiger partial charge >= 0.3 is 0 Å². The van der Waals surface area contributed by atoms with Crippen LogP contribution in [0.5, 0.6) is 0 Å². The normalized spacial score (nSPS) is 13.2. The maximum absolute atomic E-state index is 3.84. The number of benzene rings is 3. The summed E-state index contributed by atoms with van der Waals surface area (Å²) in [5.74, 6) is 2.17. The van der Waals surface area contributed by atoms with E-state index in [0.29, 0.717) is 0 Å². The lowest BCUT2D eigenvalue weighted by Gasteiger charge is -2.56. The van der Waals surface area contributed by atoms with Gasteiger partial charge in [-0.1, -0.05) is 72.8 Å². The van der Waals surface area contributed by atoms with Gasteiger partial charge < -0.3 is 0 Å². The standard InChI is InChI=1S/C24H30BrNS2/c1-27(2,19-21-13-7-5-8-14-21)26(24-18-12-11-17-23(24)25)28(3,4)20-22-15-9-6-10-16-22/h5-18H,19-20H2,1-4H3. The molecule has 0 aliphatic rings. The number of hydrogen-bond acceptors (Lipinski definition) is 1. The van der Waals surface area contributed by atoms with Crippen LogP contribution in [0.25, 0.3) is 0 Å². The van der Waals surface area contributed by atoms with Crippen molar-refractivity contribution in [1.82, 2.24) is 0 Å². The molecule has 0 aliphatic carbocycles. The first-order valence-corrected chi connectivity index (χ1v) is 15.3. The number of rotatable bonds is 7. The first-order chi connectivity index (χ1) is 13.3. The molecule has 0 fully saturated rings. The fraction of sp³-hybridized carbons (Fsp3) is 0.250. The lowest BCUT2D eigenvalue weighted by molar-refractivity contribution is 1.34. The highest BCUT2D eigenvalue weighted by atomic mass is 79.9. The molecule has 0 saturated heterocycles. The van der Waals surface area contributed by atoms with Crippen molar-refractivity contribution in [3.63, 3.8) is 0 Å². The Kier molecular flexibility index (Phi) is 6.85. The Morgan fingerprint density at radius 1 is 0.607 bits per heavy atom. The predicted molar refractivity (Wildman–Crippen MR) is 136 cm³/mol. The third-order valence-corrected chi connectivity index (χ3v) is 12.0. The highest BCUT2D eigenvalue weighted by Gasteiger charge is 2.33. The molecule has 0 unspecified atom stereocenters. The second-order valence-electron chi connectivity index (χ2n) is 7.93. The van der Waals surface area contributed by atoms with E-state index in [1.807, 2.05) is 0 Å². The van der Waals surface area contributed by atoms with Gasteiger partial charge in [0, 0.05) is 16.0 Å². The summed E-state index contributed by atoms with van der Waals surface area (Å²) in [6, 6.07) is 30.5. The van der Waals surface area contributed by atoms with Gasteiger partial charge in [-0.05, 0) is 64.2 Å². The van der Waals surface area contributed by atoms with Crippen LogP contribution in [0.1, 0.15) is 11.1 Å². The van der Waals surface area contributed by atoms with Crippen LogP contribution in [0, 0.1) is 0 Å². The molecule has 28 heavy (non-hydrogen) atoms. The molecule has 0 spiro atoms. The maximum atomic E-state index is 3.84.